The first-order valence-electron chi connectivity index (χ1n) is 12.4. The van der Waals surface area contributed by atoms with Gasteiger partial charge in [0.15, 0.2) is 17.5 Å². The van der Waals surface area contributed by atoms with Crippen molar-refractivity contribution in [1.29, 1.82) is 0 Å². The second-order valence-corrected chi connectivity index (χ2v) is 9.39. The van der Waals surface area contributed by atoms with Crippen LogP contribution in [0.4, 0.5) is 8.78 Å². The van der Waals surface area contributed by atoms with Gasteiger partial charge in [0.1, 0.15) is 0 Å². The maximum absolute atomic E-state index is 13.4. The molecule has 0 amide bonds. The van der Waals surface area contributed by atoms with Crippen molar-refractivity contribution in [3.8, 4) is 11.4 Å². The van der Waals surface area contributed by atoms with Crippen molar-refractivity contribution < 1.29 is 8.78 Å². The van der Waals surface area contributed by atoms with Crippen LogP contribution in [0.25, 0.3) is 11.4 Å². The zero-order valence-corrected chi connectivity index (χ0v) is 19.1. The predicted octanol–water partition coefficient (Wildman–Crippen LogP) is 8.30. The molecule has 2 atom stereocenters. The van der Waals surface area contributed by atoms with Crippen molar-refractivity contribution in [3.63, 3.8) is 0 Å². The van der Waals surface area contributed by atoms with Gasteiger partial charge in [0, 0.05) is 18.0 Å². The highest BCUT2D eigenvalue weighted by molar-refractivity contribution is 5.54. The maximum atomic E-state index is 13.4. The summed E-state index contributed by atoms with van der Waals surface area (Å²) in [6.45, 7) is 2.28. The van der Waals surface area contributed by atoms with Gasteiger partial charge >= 0.3 is 0 Å². The topological polar surface area (TPSA) is 25.8 Å². The fraction of sp³-hybridized carbons (Fsp3) is 0.630. The van der Waals surface area contributed by atoms with Crippen molar-refractivity contribution >= 4 is 0 Å². The van der Waals surface area contributed by atoms with Crippen molar-refractivity contribution in [3.05, 3.63) is 47.8 Å². The summed E-state index contributed by atoms with van der Waals surface area (Å²) < 4.78 is 26.5. The predicted molar refractivity (Wildman–Crippen MR) is 124 cm³/mol. The molecule has 1 aromatic heterocycles. The Bertz CT molecular complexity index is 775. The number of rotatable bonds is 12. The SMILES string of the molecule is CCCCCCCCCC1CCCC(CCc2cnc(-c3ccc(F)c(F)c3)nc2)C1. The third-order valence-electron chi connectivity index (χ3n) is 6.83. The second kappa shape index (κ2) is 12.9. The van der Waals surface area contributed by atoms with Crippen LogP contribution in [0.1, 0.15) is 96.0 Å². The third-order valence-corrected chi connectivity index (χ3v) is 6.83. The quantitative estimate of drug-likeness (QED) is 0.318. The Morgan fingerprint density at radius 2 is 1.52 bits per heavy atom. The average Bonchev–Trinajstić information content (AvgIpc) is 2.79. The van der Waals surface area contributed by atoms with Crippen molar-refractivity contribution in [2.24, 2.45) is 11.8 Å². The Labute approximate surface area is 186 Å². The Kier molecular flexibility index (Phi) is 9.89. The van der Waals surface area contributed by atoms with Gasteiger partial charge in [0.2, 0.25) is 0 Å². The third kappa shape index (κ3) is 7.97. The molecule has 0 spiro atoms. The molecule has 1 aliphatic rings. The zero-order valence-electron chi connectivity index (χ0n) is 19.1. The molecule has 170 valence electrons. The molecule has 1 saturated carbocycles. The molecule has 0 saturated heterocycles. The second-order valence-electron chi connectivity index (χ2n) is 9.39. The summed E-state index contributed by atoms with van der Waals surface area (Å²) in [5.41, 5.74) is 1.63. The lowest BCUT2D eigenvalue weighted by atomic mass is 9.77. The van der Waals surface area contributed by atoms with E-state index in [-0.39, 0.29) is 0 Å². The number of hydrogen-bond acceptors (Lipinski definition) is 2. The smallest absolute Gasteiger partial charge is 0.159 e. The minimum atomic E-state index is -0.867. The van der Waals surface area contributed by atoms with E-state index < -0.39 is 11.6 Å². The van der Waals surface area contributed by atoms with Crippen LogP contribution in [0.3, 0.4) is 0 Å². The van der Waals surface area contributed by atoms with E-state index >= 15 is 0 Å². The van der Waals surface area contributed by atoms with E-state index in [9.17, 15) is 8.78 Å². The van der Waals surface area contributed by atoms with E-state index in [1.165, 1.54) is 89.5 Å². The largest absolute Gasteiger partial charge is 0.236 e. The molecular formula is C27H38F2N2. The van der Waals surface area contributed by atoms with Gasteiger partial charge in [-0.3, -0.25) is 0 Å². The van der Waals surface area contributed by atoms with E-state index in [2.05, 4.69) is 16.9 Å². The molecular weight excluding hydrogens is 390 g/mol. The fourth-order valence-corrected chi connectivity index (χ4v) is 4.96. The van der Waals surface area contributed by atoms with E-state index in [1.54, 1.807) is 0 Å². The summed E-state index contributed by atoms with van der Waals surface area (Å²) >= 11 is 0. The summed E-state index contributed by atoms with van der Waals surface area (Å²) in [5, 5.41) is 0. The minimum Gasteiger partial charge on any atom is -0.236 e. The van der Waals surface area contributed by atoms with Gasteiger partial charge < -0.3 is 0 Å². The number of aryl methyl sites for hydroxylation is 1. The summed E-state index contributed by atoms with van der Waals surface area (Å²) in [5.74, 6) is 0.456. The van der Waals surface area contributed by atoms with Crippen LogP contribution >= 0.6 is 0 Å². The summed E-state index contributed by atoms with van der Waals surface area (Å²) in [6, 6.07) is 3.78. The van der Waals surface area contributed by atoms with Gasteiger partial charge in [-0.1, -0.05) is 77.6 Å². The van der Waals surface area contributed by atoms with Crippen LogP contribution in [0.2, 0.25) is 0 Å². The summed E-state index contributed by atoms with van der Waals surface area (Å²) in [7, 11) is 0. The Morgan fingerprint density at radius 1 is 0.839 bits per heavy atom. The molecule has 0 aliphatic heterocycles. The molecule has 2 nitrogen and oxygen atoms in total. The first-order chi connectivity index (χ1) is 15.2. The standard InChI is InChI=1S/C27H38F2N2/c1-2-3-4-5-6-7-8-10-21-11-9-12-22(17-21)13-14-23-19-30-27(31-20-23)24-15-16-25(28)26(29)18-24/h15-16,18-22H,2-14,17H2,1H3. The number of hydrogen-bond donors (Lipinski definition) is 0. The Balaban J connectivity index is 1.38. The molecule has 31 heavy (non-hydrogen) atoms. The van der Waals surface area contributed by atoms with Crippen LogP contribution < -0.4 is 0 Å². The fourth-order valence-electron chi connectivity index (χ4n) is 4.96. The Morgan fingerprint density at radius 3 is 2.23 bits per heavy atom. The molecule has 0 bridgehead atoms. The number of halogens is 2. The normalized spacial score (nSPS) is 18.9. The lowest BCUT2D eigenvalue weighted by molar-refractivity contribution is 0.239. The highest BCUT2D eigenvalue weighted by Crippen LogP contribution is 2.35. The van der Waals surface area contributed by atoms with Gasteiger partial charge in [-0.25, -0.2) is 18.7 Å². The lowest BCUT2D eigenvalue weighted by Crippen LogP contribution is -2.16. The summed E-state index contributed by atoms with van der Waals surface area (Å²) in [6.07, 6.45) is 22.6. The highest BCUT2D eigenvalue weighted by Gasteiger charge is 2.21. The molecule has 2 aromatic rings. The van der Waals surface area contributed by atoms with Crippen LogP contribution in [0.15, 0.2) is 30.6 Å². The molecule has 4 heteroatoms. The van der Waals surface area contributed by atoms with Gasteiger partial charge in [-0.05, 0) is 54.9 Å². The highest BCUT2D eigenvalue weighted by atomic mass is 19.2. The van der Waals surface area contributed by atoms with Crippen molar-refractivity contribution in [1.82, 2.24) is 9.97 Å². The zero-order chi connectivity index (χ0) is 21.9. The van der Waals surface area contributed by atoms with Crippen LogP contribution in [-0.4, -0.2) is 9.97 Å². The molecule has 1 fully saturated rings. The number of nitrogens with zero attached hydrogens (tertiary/aromatic N) is 2. The molecule has 1 heterocycles. The van der Waals surface area contributed by atoms with E-state index in [0.717, 1.165) is 36.0 Å². The molecule has 3 rings (SSSR count). The van der Waals surface area contributed by atoms with Crippen LogP contribution in [0, 0.1) is 23.5 Å². The van der Waals surface area contributed by atoms with Gasteiger partial charge in [0.05, 0.1) is 0 Å². The van der Waals surface area contributed by atoms with Crippen LogP contribution in [-0.2, 0) is 6.42 Å². The van der Waals surface area contributed by atoms with E-state index in [4.69, 9.17) is 0 Å². The molecule has 0 radical (unpaired) electrons. The maximum Gasteiger partial charge on any atom is 0.159 e. The molecule has 1 aliphatic carbocycles. The van der Waals surface area contributed by atoms with Crippen LogP contribution in [0.5, 0.6) is 0 Å². The van der Waals surface area contributed by atoms with E-state index in [0.29, 0.717) is 11.4 Å². The molecule has 2 unspecified atom stereocenters. The minimum absolute atomic E-state index is 0.440. The molecule has 1 aromatic carbocycles. The average molecular weight is 429 g/mol. The molecule has 0 N–H and O–H groups in total. The first-order valence-corrected chi connectivity index (χ1v) is 12.4. The van der Waals surface area contributed by atoms with Crippen molar-refractivity contribution in [2.45, 2.75) is 96.8 Å². The monoisotopic (exact) mass is 428 g/mol. The first kappa shape index (κ1) is 23.8. The number of benzene rings is 1. The van der Waals surface area contributed by atoms with Crippen molar-refractivity contribution in [2.75, 3.05) is 0 Å². The van der Waals surface area contributed by atoms with E-state index in [1.807, 2.05) is 12.4 Å². The van der Waals surface area contributed by atoms with Gasteiger partial charge in [-0.15, -0.1) is 0 Å². The lowest BCUT2D eigenvalue weighted by Gasteiger charge is -2.29. The van der Waals surface area contributed by atoms with Gasteiger partial charge in [-0.2, -0.15) is 0 Å². The number of aromatic nitrogens is 2. The summed E-state index contributed by atoms with van der Waals surface area (Å²) in [4.78, 5) is 8.75. The number of unbranched alkanes of at least 4 members (excludes halogenated alkanes) is 6. The Hall–Kier alpha value is -1.84. The van der Waals surface area contributed by atoms with Gasteiger partial charge in [0.25, 0.3) is 0 Å².